The van der Waals surface area contributed by atoms with E-state index in [-0.39, 0.29) is 11.8 Å². The Morgan fingerprint density at radius 1 is 0.931 bits per heavy atom. The molecule has 5 nitrogen and oxygen atoms in total. The zero-order valence-electron chi connectivity index (χ0n) is 15.6. The van der Waals surface area contributed by atoms with Gasteiger partial charge in [-0.3, -0.25) is 4.79 Å². The number of benzene rings is 3. The van der Waals surface area contributed by atoms with Crippen LogP contribution < -0.4 is 15.0 Å². The number of carbonyl (C=O) groups excluding carboxylic acids is 1. The quantitative estimate of drug-likeness (QED) is 0.502. The lowest BCUT2D eigenvalue weighted by atomic mass is 10.00. The third-order valence-electron chi connectivity index (χ3n) is 4.91. The topological polar surface area (TPSA) is 54.5 Å². The van der Waals surface area contributed by atoms with Crippen molar-refractivity contribution in [1.82, 2.24) is 4.98 Å². The van der Waals surface area contributed by atoms with Gasteiger partial charge < -0.3 is 15.0 Å². The van der Waals surface area contributed by atoms with Crippen molar-refractivity contribution < 1.29 is 9.53 Å². The number of thiazole rings is 1. The number of carbonyl (C=O) groups is 1. The van der Waals surface area contributed by atoms with E-state index < -0.39 is 0 Å². The second-order valence-electron chi connectivity index (χ2n) is 6.99. The Bertz CT molecular complexity index is 1100. The molecule has 6 heteroatoms. The highest BCUT2D eigenvalue weighted by Crippen LogP contribution is 2.33. The fourth-order valence-corrected chi connectivity index (χ4v) is 4.25. The number of amides is 1. The van der Waals surface area contributed by atoms with E-state index in [9.17, 15) is 4.79 Å². The maximum Gasteiger partial charge on any atom is 0.231 e. The van der Waals surface area contributed by atoms with Crippen molar-refractivity contribution >= 4 is 38.3 Å². The third kappa shape index (κ3) is 3.79. The van der Waals surface area contributed by atoms with Crippen LogP contribution in [-0.4, -0.2) is 24.0 Å². The van der Waals surface area contributed by atoms with Crippen LogP contribution in [0.1, 0.15) is 0 Å². The van der Waals surface area contributed by atoms with E-state index in [1.54, 1.807) is 11.3 Å². The maximum absolute atomic E-state index is 12.5. The zero-order valence-corrected chi connectivity index (χ0v) is 16.4. The molecule has 2 heterocycles. The van der Waals surface area contributed by atoms with Crippen molar-refractivity contribution in [3.63, 3.8) is 0 Å². The molecule has 0 bridgehead atoms. The average Bonchev–Trinajstić information content (AvgIpc) is 3.13. The van der Waals surface area contributed by atoms with Crippen LogP contribution >= 0.6 is 11.3 Å². The molecule has 5 rings (SSSR count). The van der Waals surface area contributed by atoms with Crippen molar-refractivity contribution in [3.8, 4) is 11.5 Å². The molecule has 3 aromatic carbocycles. The van der Waals surface area contributed by atoms with E-state index in [4.69, 9.17) is 4.74 Å². The van der Waals surface area contributed by atoms with Gasteiger partial charge in [0.1, 0.15) is 11.5 Å². The molecule has 144 valence electrons. The van der Waals surface area contributed by atoms with E-state index in [2.05, 4.69) is 21.3 Å². The molecule has 0 aliphatic carbocycles. The fourth-order valence-electron chi connectivity index (χ4n) is 3.27. The first-order valence-electron chi connectivity index (χ1n) is 9.49. The number of ether oxygens (including phenoxy) is 1. The first-order valence-corrected chi connectivity index (χ1v) is 10.3. The number of hydrogen-bond donors (Lipinski definition) is 1. The standard InChI is InChI=1S/C23H19N3O2S/c27-22(16-14-26(15-16)23-25-20-8-4-5-9-21(20)29-23)24-17-10-12-19(13-11-17)28-18-6-2-1-3-7-18/h1-13,16H,14-15H2,(H,24,27). The molecule has 1 aromatic heterocycles. The highest BCUT2D eigenvalue weighted by Gasteiger charge is 2.34. The van der Waals surface area contributed by atoms with Crippen LogP contribution in [0.5, 0.6) is 11.5 Å². The van der Waals surface area contributed by atoms with Crippen LogP contribution in [-0.2, 0) is 4.79 Å². The van der Waals surface area contributed by atoms with Gasteiger partial charge in [-0.2, -0.15) is 0 Å². The lowest BCUT2D eigenvalue weighted by Gasteiger charge is -2.37. The molecule has 1 amide bonds. The molecule has 1 aliphatic rings. The lowest BCUT2D eigenvalue weighted by molar-refractivity contribution is -0.120. The van der Waals surface area contributed by atoms with E-state index in [0.29, 0.717) is 13.1 Å². The monoisotopic (exact) mass is 401 g/mol. The van der Waals surface area contributed by atoms with Gasteiger partial charge in [-0.15, -0.1) is 0 Å². The predicted molar refractivity (Wildman–Crippen MR) is 117 cm³/mol. The van der Waals surface area contributed by atoms with Crippen molar-refractivity contribution in [1.29, 1.82) is 0 Å². The molecule has 0 spiro atoms. The average molecular weight is 401 g/mol. The van der Waals surface area contributed by atoms with Crippen LogP contribution in [0.25, 0.3) is 10.2 Å². The summed E-state index contributed by atoms with van der Waals surface area (Å²) in [5.74, 6) is 1.54. The number of fused-ring (bicyclic) bond motifs is 1. The Morgan fingerprint density at radius 2 is 1.62 bits per heavy atom. The van der Waals surface area contributed by atoms with Crippen molar-refractivity contribution in [2.75, 3.05) is 23.3 Å². The molecule has 4 aromatic rings. The van der Waals surface area contributed by atoms with Gasteiger partial charge >= 0.3 is 0 Å². The number of anilines is 2. The number of aromatic nitrogens is 1. The highest BCUT2D eigenvalue weighted by molar-refractivity contribution is 7.22. The highest BCUT2D eigenvalue weighted by atomic mass is 32.1. The summed E-state index contributed by atoms with van der Waals surface area (Å²) in [6.45, 7) is 1.39. The summed E-state index contributed by atoms with van der Waals surface area (Å²) in [5.41, 5.74) is 1.78. The summed E-state index contributed by atoms with van der Waals surface area (Å²) >= 11 is 1.67. The van der Waals surface area contributed by atoms with Gasteiger partial charge in [0.25, 0.3) is 0 Å². The van der Waals surface area contributed by atoms with Gasteiger partial charge in [0.05, 0.1) is 16.1 Å². The van der Waals surface area contributed by atoms with Gasteiger partial charge in [-0.05, 0) is 48.5 Å². The van der Waals surface area contributed by atoms with Gasteiger partial charge in [0.15, 0.2) is 5.13 Å². The summed E-state index contributed by atoms with van der Waals surface area (Å²) in [6, 6.07) is 25.2. The minimum absolute atomic E-state index is 0.0257. The van der Waals surface area contributed by atoms with E-state index in [1.165, 1.54) is 4.70 Å². The number of nitrogens with one attached hydrogen (secondary N) is 1. The zero-order chi connectivity index (χ0) is 19.6. The molecule has 1 saturated heterocycles. The predicted octanol–water partition coefficient (Wildman–Crippen LogP) is 5.16. The van der Waals surface area contributed by atoms with Gasteiger partial charge in [0, 0.05) is 18.8 Å². The normalized spacial score (nSPS) is 13.9. The molecular weight excluding hydrogens is 382 g/mol. The molecule has 0 unspecified atom stereocenters. The van der Waals surface area contributed by atoms with E-state index in [0.717, 1.165) is 27.8 Å². The summed E-state index contributed by atoms with van der Waals surface area (Å²) in [7, 11) is 0. The van der Waals surface area contributed by atoms with Crippen LogP contribution in [0.3, 0.4) is 0 Å². The molecule has 1 fully saturated rings. The van der Waals surface area contributed by atoms with Gasteiger partial charge in [-0.25, -0.2) is 4.98 Å². The largest absolute Gasteiger partial charge is 0.457 e. The molecule has 0 atom stereocenters. The third-order valence-corrected chi connectivity index (χ3v) is 6.00. The Balaban J connectivity index is 1.16. The minimum Gasteiger partial charge on any atom is -0.457 e. The molecule has 1 aliphatic heterocycles. The smallest absolute Gasteiger partial charge is 0.231 e. The number of para-hydroxylation sites is 2. The molecule has 0 radical (unpaired) electrons. The number of nitrogens with zero attached hydrogens (tertiary/aromatic N) is 2. The van der Waals surface area contributed by atoms with Crippen molar-refractivity contribution in [2.24, 2.45) is 5.92 Å². The SMILES string of the molecule is O=C(Nc1ccc(Oc2ccccc2)cc1)C1CN(c2nc3ccccc3s2)C1. The Morgan fingerprint density at radius 3 is 2.38 bits per heavy atom. The number of rotatable bonds is 5. The minimum atomic E-state index is -0.0257. The maximum atomic E-state index is 12.5. The Labute approximate surface area is 172 Å². The van der Waals surface area contributed by atoms with Gasteiger partial charge in [-0.1, -0.05) is 41.7 Å². The van der Waals surface area contributed by atoms with Gasteiger partial charge in [0.2, 0.25) is 5.91 Å². The molecule has 0 saturated carbocycles. The lowest BCUT2D eigenvalue weighted by Crippen LogP contribution is -2.52. The first kappa shape index (κ1) is 17.7. The summed E-state index contributed by atoms with van der Waals surface area (Å²) in [4.78, 5) is 19.3. The summed E-state index contributed by atoms with van der Waals surface area (Å²) < 4.78 is 6.96. The van der Waals surface area contributed by atoms with Crippen LogP contribution in [0.4, 0.5) is 10.8 Å². The first-order chi connectivity index (χ1) is 14.2. The fraction of sp³-hybridized carbons (Fsp3) is 0.130. The van der Waals surface area contributed by atoms with Crippen LogP contribution in [0, 0.1) is 5.92 Å². The van der Waals surface area contributed by atoms with E-state index >= 15 is 0 Å². The van der Waals surface area contributed by atoms with Crippen LogP contribution in [0.2, 0.25) is 0 Å². The second kappa shape index (κ2) is 7.56. The molecular formula is C23H19N3O2S. The molecule has 29 heavy (non-hydrogen) atoms. The van der Waals surface area contributed by atoms with Crippen molar-refractivity contribution in [2.45, 2.75) is 0 Å². The van der Waals surface area contributed by atoms with Crippen LogP contribution in [0.15, 0.2) is 78.9 Å². The second-order valence-corrected chi connectivity index (χ2v) is 8.00. The summed E-state index contributed by atoms with van der Waals surface area (Å²) in [5, 5.41) is 3.98. The Hall–Kier alpha value is -3.38. The number of hydrogen-bond acceptors (Lipinski definition) is 5. The summed E-state index contributed by atoms with van der Waals surface area (Å²) in [6.07, 6.45) is 0. The van der Waals surface area contributed by atoms with E-state index in [1.807, 2.05) is 72.8 Å². The Kier molecular flexibility index (Phi) is 4.62. The van der Waals surface area contributed by atoms with Crippen molar-refractivity contribution in [3.05, 3.63) is 78.9 Å². The molecule has 1 N–H and O–H groups in total.